The fourth-order valence-electron chi connectivity index (χ4n) is 3.75. The summed E-state index contributed by atoms with van der Waals surface area (Å²) in [5.41, 5.74) is 5.47. The molecule has 168 valence electrons. The highest BCUT2D eigenvalue weighted by molar-refractivity contribution is 7.22. The summed E-state index contributed by atoms with van der Waals surface area (Å²) in [6, 6.07) is 19.1. The van der Waals surface area contributed by atoms with Crippen molar-refractivity contribution in [2.45, 2.75) is 6.54 Å². The summed E-state index contributed by atoms with van der Waals surface area (Å²) >= 11 is 1.70. The van der Waals surface area contributed by atoms with Gasteiger partial charge in [-0.05, 0) is 41.5 Å². The minimum Gasteiger partial charge on any atom is -0.395 e. The second-order valence-electron chi connectivity index (χ2n) is 7.80. The van der Waals surface area contributed by atoms with Gasteiger partial charge in [-0.25, -0.2) is 9.97 Å². The Labute approximate surface area is 195 Å². The van der Waals surface area contributed by atoms with Gasteiger partial charge in [0.1, 0.15) is 6.33 Å². The molecule has 0 saturated carbocycles. The molecule has 0 fully saturated rings. The number of aromatic nitrogens is 3. The topological polar surface area (TPSA) is 97.9 Å². The molecule has 5 aromatic rings. The molecule has 33 heavy (non-hydrogen) atoms. The number of benzene rings is 2. The predicted molar refractivity (Wildman–Crippen MR) is 136 cm³/mol. The SMILES string of the molecule is OCCNCCNCc1ccc(-c2cc3ncnc(Nc4ccc5[nH]ccc5c4)c3s2)cc1. The van der Waals surface area contributed by atoms with Gasteiger partial charge in [0.05, 0.1) is 16.8 Å². The van der Waals surface area contributed by atoms with Crippen LogP contribution in [-0.2, 0) is 6.54 Å². The quantitative estimate of drug-likeness (QED) is 0.201. The van der Waals surface area contributed by atoms with Gasteiger partial charge in [-0.2, -0.15) is 0 Å². The number of hydrogen-bond donors (Lipinski definition) is 5. The molecule has 0 radical (unpaired) electrons. The maximum absolute atomic E-state index is 8.78. The van der Waals surface area contributed by atoms with Crippen molar-refractivity contribution >= 4 is 44.0 Å². The number of nitrogens with zero attached hydrogens (tertiary/aromatic N) is 2. The van der Waals surface area contributed by atoms with Crippen LogP contribution in [-0.4, -0.2) is 46.3 Å². The van der Waals surface area contributed by atoms with Gasteiger partial charge in [0.15, 0.2) is 5.82 Å². The number of aromatic amines is 1. The second-order valence-corrected chi connectivity index (χ2v) is 8.85. The second kappa shape index (κ2) is 10.1. The Hall–Kier alpha value is -3.30. The maximum Gasteiger partial charge on any atom is 0.151 e. The van der Waals surface area contributed by atoms with Crippen molar-refractivity contribution in [2.24, 2.45) is 0 Å². The van der Waals surface area contributed by atoms with Gasteiger partial charge in [0, 0.05) is 53.8 Å². The molecule has 0 aliphatic carbocycles. The van der Waals surface area contributed by atoms with E-state index in [1.54, 1.807) is 17.7 Å². The van der Waals surface area contributed by atoms with Gasteiger partial charge in [-0.1, -0.05) is 24.3 Å². The normalized spacial score (nSPS) is 11.4. The number of aliphatic hydroxyl groups excluding tert-OH is 1. The number of hydrogen-bond acceptors (Lipinski definition) is 7. The average molecular weight is 459 g/mol. The van der Waals surface area contributed by atoms with Crippen molar-refractivity contribution in [3.8, 4) is 10.4 Å². The zero-order valence-electron chi connectivity index (χ0n) is 18.1. The van der Waals surface area contributed by atoms with Gasteiger partial charge in [-0.3, -0.25) is 0 Å². The van der Waals surface area contributed by atoms with Crippen LogP contribution < -0.4 is 16.0 Å². The van der Waals surface area contributed by atoms with Gasteiger partial charge in [-0.15, -0.1) is 11.3 Å². The number of fused-ring (bicyclic) bond motifs is 2. The third-order valence-corrected chi connectivity index (χ3v) is 6.64. The monoisotopic (exact) mass is 458 g/mol. The smallest absolute Gasteiger partial charge is 0.151 e. The molecule has 7 nitrogen and oxygen atoms in total. The van der Waals surface area contributed by atoms with Gasteiger partial charge in [0.25, 0.3) is 0 Å². The number of aliphatic hydroxyl groups is 1. The molecule has 0 saturated heterocycles. The van der Waals surface area contributed by atoms with Crippen molar-refractivity contribution in [3.05, 3.63) is 72.7 Å². The third-order valence-electron chi connectivity index (χ3n) is 5.46. The van der Waals surface area contributed by atoms with E-state index in [1.807, 2.05) is 6.20 Å². The van der Waals surface area contributed by atoms with E-state index < -0.39 is 0 Å². The summed E-state index contributed by atoms with van der Waals surface area (Å²) in [6.07, 6.45) is 3.56. The molecule has 0 atom stereocenters. The Morgan fingerprint density at radius 1 is 0.909 bits per heavy atom. The summed E-state index contributed by atoms with van der Waals surface area (Å²) in [5.74, 6) is 0.821. The highest BCUT2D eigenvalue weighted by atomic mass is 32.1. The van der Waals surface area contributed by atoms with Crippen LogP contribution in [0.4, 0.5) is 11.5 Å². The lowest BCUT2D eigenvalue weighted by Gasteiger charge is -2.07. The standard InChI is InChI=1S/C25H26N6OS/c32-12-11-26-9-10-27-15-17-1-3-18(4-2-17)23-14-22-24(33-23)25(30-16-29-22)31-20-5-6-21-19(13-20)7-8-28-21/h1-8,13-14,16,26-28,32H,9-12,15H2,(H,29,30,31). The van der Waals surface area contributed by atoms with Crippen LogP contribution in [0.2, 0.25) is 0 Å². The molecule has 0 bridgehead atoms. The number of nitrogens with one attached hydrogen (secondary N) is 4. The molecular weight excluding hydrogens is 432 g/mol. The van der Waals surface area contributed by atoms with Crippen molar-refractivity contribution in [3.63, 3.8) is 0 Å². The molecule has 3 heterocycles. The van der Waals surface area contributed by atoms with E-state index in [4.69, 9.17) is 5.11 Å². The molecule has 5 N–H and O–H groups in total. The maximum atomic E-state index is 8.78. The van der Waals surface area contributed by atoms with Crippen molar-refractivity contribution in [1.82, 2.24) is 25.6 Å². The van der Waals surface area contributed by atoms with Gasteiger partial charge >= 0.3 is 0 Å². The molecular formula is C25H26N6OS. The summed E-state index contributed by atoms with van der Waals surface area (Å²) in [7, 11) is 0. The molecule has 0 aliphatic heterocycles. The first-order chi connectivity index (χ1) is 16.3. The van der Waals surface area contributed by atoms with Gasteiger partial charge < -0.3 is 26.0 Å². The van der Waals surface area contributed by atoms with Crippen molar-refractivity contribution < 1.29 is 5.11 Å². The van der Waals surface area contributed by atoms with E-state index in [1.165, 1.54) is 16.0 Å². The minimum atomic E-state index is 0.172. The van der Waals surface area contributed by atoms with E-state index in [0.717, 1.165) is 52.3 Å². The van der Waals surface area contributed by atoms with Crippen molar-refractivity contribution in [1.29, 1.82) is 0 Å². The molecule has 0 unspecified atom stereocenters. The Morgan fingerprint density at radius 2 is 1.79 bits per heavy atom. The number of thiophene rings is 1. The highest BCUT2D eigenvalue weighted by Gasteiger charge is 2.11. The van der Waals surface area contributed by atoms with Crippen LogP contribution in [0.3, 0.4) is 0 Å². The van der Waals surface area contributed by atoms with E-state index in [2.05, 4.69) is 85.5 Å². The Morgan fingerprint density at radius 3 is 2.67 bits per heavy atom. The zero-order valence-corrected chi connectivity index (χ0v) is 19.0. The molecule has 8 heteroatoms. The summed E-state index contributed by atoms with van der Waals surface area (Å²) in [6.45, 7) is 3.33. The fourth-order valence-corrected chi connectivity index (χ4v) is 4.81. The number of H-pyrrole nitrogens is 1. The van der Waals surface area contributed by atoms with E-state index in [0.29, 0.717) is 6.54 Å². The first kappa shape index (κ1) is 21.5. The Bertz CT molecular complexity index is 1340. The van der Waals surface area contributed by atoms with Crippen LogP contribution in [0.5, 0.6) is 0 Å². The van der Waals surface area contributed by atoms with E-state index >= 15 is 0 Å². The molecule has 0 aliphatic rings. The minimum absolute atomic E-state index is 0.172. The summed E-state index contributed by atoms with van der Waals surface area (Å²) in [5, 5.41) is 20.0. The molecule has 2 aromatic carbocycles. The first-order valence-electron chi connectivity index (χ1n) is 11.0. The molecule has 0 spiro atoms. The zero-order chi connectivity index (χ0) is 22.5. The van der Waals surface area contributed by atoms with Gasteiger partial charge in [0.2, 0.25) is 0 Å². The first-order valence-corrected chi connectivity index (χ1v) is 11.8. The number of rotatable bonds is 10. The summed E-state index contributed by atoms with van der Waals surface area (Å²) < 4.78 is 1.04. The fraction of sp³-hybridized carbons (Fsp3) is 0.200. The lowest BCUT2D eigenvalue weighted by atomic mass is 10.1. The average Bonchev–Trinajstić information content (AvgIpc) is 3.49. The molecule has 3 aromatic heterocycles. The van der Waals surface area contributed by atoms with Crippen molar-refractivity contribution in [2.75, 3.05) is 31.6 Å². The molecule has 0 amide bonds. The van der Waals surface area contributed by atoms with Crippen LogP contribution in [0.15, 0.2) is 67.1 Å². The van der Waals surface area contributed by atoms with Crippen LogP contribution in [0.1, 0.15) is 5.56 Å². The van der Waals surface area contributed by atoms with E-state index in [-0.39, 0.29) is 6.61 Å². The predicted octanol–water partition coefficient (Wildman–Crippen LogP) is 4.25. The Balaban J connectivity index is 1.29. The summed E-state index contributed by atoms with van der Waals surface area (Å²) in [4.78, 5) is 13.4. The third kappa shape index (κ3) is 5.04. The molecule has 5 rings (SSSR count). The number of anilines is 2. The van der Waals surface area contributed by atoms with Crippen LogP contribution >= 0.6 is 11.3 Å². The van der Waals surface area contributed by atoms with E-state index in [9.17, 15) is 0 Å². The van der Waals surface area contributed by atoms with Crippen LogP contribution in [0.25, 0.3) is 31.6 Å². The highest BCUT2D eigenvalue weighted by Crippen LogP contribution is 2.36. The largest absolute Gasteiger partial charge is 0.395 e. The lowest BCUT2D eigenvalue weighted by Crippen LogP contribution is -2.28. The Kier molecular flexibility index (Phi) is 6.59. The lowest BCUT2D eigenvalue weighted by molar-refractivity contribution is 0.292. The van der Waals surface area contributed by atoms with Crippen LogP contribution in [0, 0.1) is 0 Å².